The van der Waals surface area contributed by atoms with Crippen LogP contribution in [0.1, 0.15) is 11.8 Å². The van der Waals surface area contributed by atoms with E-state index in [9.17, 15) is 9.59 Å². The number of piperazine rings is 1. The molecule has 0 spiro atoms. The third-order valence-electron chi connectivity index (χ3n) is 3.10. The molecule has 0 saturated carbocycles. The summed E-state index contributed by atoms with van der Waals surface area (Å²) < 4.78 is 5.99. The Kier molecular flexibility index (Phi) is 5.81. The molecule has 0 aliphatic carbocycles. The highest BCUT2D eigenvalue weighted by molar-refractivity contribution is 9.11. The molecule has 0 N–H and O–H groups in total. The summed E-state index contributed by atoms with van der Waals surface area (Å²) in [5.41, 5.74) is 0. The predicted octanol–water partition coefficient (Wildman–Crippen LogP) is 2.82. The van der Waals surface area contributed by atoms with Gasteiger partial charge in [-0.1, -0.05) is 0 Å². The smallest absolute Gasteiger partial charge is 0.409 e. The summed E-state index contributed by atoms with van der Waals surface area (Å²) in [6.45, 7) is 4.26. The fourth-order valence-electron chi connectivity index (χ4n) is 2.00. The average molecular weight is 373 g/mol. The van der Waals surface area contributed by atoms with Gasteiger partial charge >= 0.3 is 6.09 Å². The minimum absolute atomic E-state index is 0.0250. The number of amides is 2. The summed E-state index contributed by atoms with van der Waals surface area (Å²) in [6, 6.07) is 3.91. The van der Waals surface area contributed by atoms with Gasteiger partial charge < -0.3 is 14.5 Å². The maximum Gasteiger partial charge on any atom is 0.409 e. The Morgan fingerprint density at radius 2 is 1.95 bits per heavy atom. The number of ether oxygens (including phenoxy) is 1. The van der Waals surface area contributed by atoms with E-state index in [0.717, 1.165) is 8.66 Å². The molecule has 2 heterocycles. The normalized spacial score (nSPS) is 15.5. The summed E-state index contributed by atoms with van der Waals surface area (Å²) in [5, 5.41) is 0. The van der Waals surface area contributed by atoms with Crippen molar-refractivity contribution < 1.29 is 14.3 Å². The maximum absolute atomic E-state index is 12.1. The monoisotopic (exact) mass is 372 g/mol. The molecule has 1 saturated heterocycles. The molecule has 1 aromatic rings. The lowest BCUT2D eigenvalue weighted by molar-refractivity contribution is -0.127. The highest BCUT2D eigenvalue weighted by Crippen LogP contribution is 2.23. The van der Waals surface area contributed by atoms with Crippen LogP contribution in [0.4, 0.5) is 4.79 Å². The Bertz CT molecular complexity index is 536. The minimum atomic E-state index is -0.302. The zero-order chi connectivity index (χ0) is 15.2. The molecular formula is C14H17BrN2O3S. The summed E-state index contributed by atoms with van der Waals surface area (Å²) >= 11 is 4.96. The van der Waals surface area contributed by atoms with E-state index >= 15 is 0 Å². The number of hydrogen-bond donors (Lipinski definition) is 0. The second-order valence-electron chi connectivity index (χ2n) is 4.49. The lowest BCUT2D eigenvalue weighted by Gasteiger charge is -2.33. The third-order valence-corrected chi connectivity index (χ3v) is 4.69. The van der Waals surface area contributed by atoms with Gasteiger partial charge in [-0.15, -0.1) is 11.3 Å². The second kappa shape index (κ2) is 7.61. The first-order chi connectivity index (χ1) is 10.1. The van der Waals surface area contributed by atoms with E-state index in [1.165, 1.54) is 0 Å². The minimum Gasteiger partial charge on any atom is -0.450 e. The molecule has 0 bridgehead atoms. The van der Waals surface area contributed by atoms with Crippen LogP contribution in [0.2, 0.25) is 0 Å². The Labute approximate surface area is 136 Å². The van der Waals surface area contributed by atoms with Gasteiger partial charge in [0.1, 0.15) is 0 Å². The lowest BCUT2D eigenvalue weighted by atomic mass is 10.3. The van der Waals surface area contributed by atoms with Crippen molar-refractivity contribution in [2.45, 2.75) is 6.92 Å². The standard InChI is InChI=1S/C14H17BrN2O3S/c1-2-20-14(19)17-9-7-16(8-10-17)13(18)6-4-11-3-5-12(15)21-11/h3-6H,2,7-10H2,1H3. The molecule has 7 heteroatoms. The number of hydrogen-bond acceptors (Lipinski definition) is 4. The van der Waals surface area contributed by atoms with Crippen molar-refractivity contribution in [1.29, 1.82) is 0 Å². The van der Waals surface area contributed by atoms with Crippen molar-refractivity contribution in [3.63, 3.8) is 0 Å². The van der Waals surface area contributed by atoms with Crippen molar-refractivity contribution in [2.24, 2.45) is 0 Å². The highest BCUT2D eigenvalue weighted by Gasteiger charge is 2.23. The van der Waals surface area contributed by atoms with Crippen LogP contribution in [0.25, 0.3) is 6.08 Å². The Morgan fingerprint density at radius 1 is 1.29 bits per heavy atom. The Morgan fingerprint density at radius 3 is 2.52 bits per heavy atom. The van der Waals surface area contributed by atoms with Crippen molar-refractivity contribution >= 4 is 45.3 Å². The van der Waals surface area contributed by atoms with Crippen molar-refractivity contribution in [2.75, 3.05) is 32.8 Å². The van der Waals surface area contributed by atoms with Crippen molar-refractivity contribution in [3.8, 4) is 0 Å². The van der Waals surface area contributed by atoms with Gasteiger partial charge in [0.25, 0.3) is 0 Å². The summed E-state index contributed by atoms with van der Waals surface area (Å²) in [6.07, 6.45) is 3.09. The fraction of sp³-hybridized carbons (Fsp3) is 0.429. The van der Waals surface area contributed by atoms with Crippen molar-refractivity contribution in [1.82, 2.24) is 9.80 Å². The van der Waals surface area contributed by atoms with Crippen LogP contribution >= 0.6 is 27.3 Å². The number of carbonyl (C=O) groups excluding carboxylic acids is 2. The van der Waals surface area contributed by atoms with E-state index in [2.05, 4.69) is 15.9 Å². The first kappa shape index (κ1) is 16.0. The molecule has 1 fully saturated rings. The number of rotatable bonds is 3. The van der Waals surface area contributed by atoms with Crippen LogP contribution in [0, 0.1) is 0 Å². The van der Waals surface area contributed by atoms with Gasteiger partial charge in [0.05, 0.1) is 10.4 Å². The molecule has 0 atom stereocenters. The second-order valence-corrected chi connectivity index (χ2v) is 6.98. The Hall–Kier alpha value is -1.34. The van der Waals surface area contributed by atoms with E-state index in [1.54, 1.807) is 34.1 Å². The molecule has 21 heavy (non-hydrogen) atoms. The fourth-order valence-corrected chi connectivity index (χ4v) is 3.33. The number of carbonyl (C=O) groups is 2. The molecule has 0 unspecified atom stereocenters. The topological polar surface area (TPSA) is 49.9 Å². The molecule has 2 amide bonds. The summed E-state index contributed by atoms with van der Waals surface area (Å²) in [5.74, 6) is -0.0250. The predicted molar refractivity (Wildman–Crippen MR) is 86.2 cm³/mol. The van der Waals surface area contributed by atoms with Gasteiger partial charge in [0, 0.05) is 37.1 Å². The van der Waals surface area contributed by atoms with E-state index < -0.39 is 0 Å². The first-order valence-corrected chi connectivity index (χ1v) is 8.35. The molecule has 0 radical (unpaired) electrons. The molecule has 5 nitrogen and oxygen atoms in total. The quantitative estimate of drug-likeness (QED) is 0.766. The van der Waals surface area contributed by atoms with Crippen LogP contribution in [0.3, 0.4) is 0 Å². The number of nitrogens with zero attached hydrogens (tertiary/aromatic N) is 2. The maximum atomic E-state index is 12.1. The zero-order valence-electron chi connectivity index (χ0n) is 11.8. The summed E-state index contributed by atoms with van der Waals surface area (Å²) in [7, 11) is 0. The molecular weight excluding hydrogens is 356 g/mol. The summed E-state index contributed by atoms with van der Waals surface area (Å²) in [4.78, 5) is 28.1. The number of thiophene rings is 1. The SMILES string of the molecule is CCOC(=O)N1CCN(C(=O)C=Cc2ccc(Br)s2)CC1. The van der Waals surface area contributed by atoms with Gasteiger partial charge in [0.2, 0.25) is 5.91 Å². The van der Waals surface area contributed by atoms with E-state index in [4.69, 9.17) is 4.74 Å². The third kappa shape index (κ3) is 4.57. The van der Waals surface area contributed by atoms with Crippen LogP contribution in [-0.4, -0.2) is 54.6 Å². The molecule has 2 rings (SSSR count). The van der Waals surface area contributed by atoms with E-state index in [-0.39, 0.29) is 12.0 Å². The highest BCUT2D eigenvalue weighted by atomic mass is 79.9. The van der Waals surface area contributed by atoms with Crippen LogP contribution in [-0.2, 0) is 9.53 Å². The molecule has 1 aliphatic rings. The number of halogens is 1. The molecule has 1 aliphatic heterocycles. The van der Waals surface area contributed by atoms with Gasteiger partial charge in [-0.3, -0.25) is 4.79 Å². The van der Waals surface area contributed by atoms with Crippen LogP contribution in [0.15, 0.2) is 22.0 Å². The van der Waals surface area contributed by atoms with Crippen molar-refractivity contribution in [3.05, 3.63) is 26.9 Å². The van der Waals surface area contributed by atoms with Gasteiger partial charge in [-0.25, -0.2) is 4.79 Å². The van der Waals surface area contributed by atoms with E-state index in [0.29, 0.717) is 32.8 Å². The average Bonchev–Trinajstić information content (AvgIpc) is 2.91. The molecule has 114 valence electrons. The van der Waals surface area contributed by atoms with Gasteiger partial charge in [-0.2, -0.15) is 0 Å². The van der Waals surface area contributed by atoms with Crippen LogP contribution in [0.5, 0.6) is 0 Å². The van der Waals surface area contributed by atoms with Gasteiger partial charge in [-0.05, 0) is 41.1 Å². The zero-order valence-corrected chi connectivity index (χ0v) is 14.2. The lowest BCUT2D eigenvalue weighted by Crippen LogP contribution is -2.50. The molecule has 0 aromatic carbocycles. The Balaban J connectivity index is 1.83. The first-order valence-electron chi connectivity index (χ1n) is 6.74. The van der Waals surface area contributed by atoms with Crippen LogP contribution < -0.4 is 0 Å². The van der Waals surface area contributed by atoms with Gasteiger partial charge in [0.15, 0.2) is 0 Å². The molecule has 1 aromatic heterocycles. The largest absolute Gasteiger partial charge is 0.450 e. The van der Waals surface area contributed by atoms with E-state index in [1.807, 2.05) is 18.2 Å².